The molecule has 0 spiro atoms. The maximum atomic E-state index is 11.4. The average molecular weight is 422 g/mol. The van der Waals surface area contributed by atoms with E-state index in [-0.39, 0.29) is 11.9 Å². The smallest absolute Gasteiger partial charge is 0.335 e. The van der Waals surface area contributed by atoms with Crippen molar-refractivity contribution in [3.05, 3.63) is 25.3 Å². The van der Waals surface area contributed by atoms with Gasteiger partial charge in [-0.3, -0.25) is 4.79 Å². The number of aliphatic hydroxyl groups excluding tert-OH is 2. The molecule has 0 radical (unpaired) electrons. The number of fused-ring (bicyclic) bond motifs is 1. The van der Waals surface area contributed by atoms with Crippen LogP contribution in [-0.4, -0.2) is 89.5 Å². The van der Waals surface area contributed by atoms with Crippen LogP contribution in [-0.2, 0) is 14.4 Å². The van der Waals surface area contributed by atoms with E-state index in [2.05, 4.69) is 36.7 Å². The van der Waals surface area contributed by atoms with Gasteiger partial charge in [0.05, 0.1) is 6.33 Å². The fourth-order valence-electron chi connectivity index (χ4n) is 2.80. The Morgan fingerprint density at radius 1 is 1.20 bits per heavy atom. The number of aliphatic carboxylic acids is 2. The molecule has 0 bridgehead atoms. The van der Waals surface area contributed by atoms with E-state index in [1.807, 2.05) is 0 Å². The van der Waals surface area contributed by atoms with Gasteiger partial charge in [-0.25, -0.2) is 24.5 Å². The van der Waals surface area contributed by atoms with Gasteiger partial charge in [-0.15, -0.1) is 0 Å². The summed E-state index contributed by atoms with van der Waals surface area (Å²) in [4.78, 5) is 48.8. The van der Waals surface area contributed by atoms with Crippen molar-refractivity contribution >= 4 is 34.8 Å². The Morgan fingerprint density at radius 2 is 1.87 bits per heavy atom. The van der Waals surface area contributed by atoms with Crippen molar-refractivity contribution in [2.45, 2.75) is 31.1 Å². The summed E-state index contributed by atoms with van der Waals surface area (Å²) in [6.45, 7) is 5.10. The van der Waals surface area contributed by atoms with Crippen LogP contribution in [0, 0.1) is 0 Å². The van der Waals surface area contributed by atoms with E-state index >= 15 is 0 Å². The molecule has 0 saturated carbocycles. The van der Waals surface area contributed by atoms with E-state index in [1.165, 1.54) is 12.4 Å². The maximum absolute atomic E-state index is 11.4. The number of aromatic amines is 1. The minimum atomic E-state index is -2.27. The molecule has 30 heavy (non-hydrogen) atoms. The quantitative estimate of drug-likeness (QED) is 0.296. The zero-order chi connectivity index (χ0) is 22.3. The summed E-state index contributed by atoms with van der Waals surface area (Å²) in [6.07, 6.45) is 1.87. The number of amides is 1. The lowest BCUT2D eigenvalue weighted by Gasteiger charge is -2.33. The summed E-state index contributed by atoms with van der Waals surface area (Å²) in [7, 11) is 0. The van der Waals surface area contributed by atoms with Crippen molar-refractivity contribution in [3.8, 4) is 0 Å². The van der Waals surface area contributed by atoms with Gasteiger partial charge in [0.2, 0.25) is 5.91 Å². The summed E-state index contributed by atoms with van der Waals surface area (Å²) in [5.41, 5.74) is 1.50. The number of rotatable bonds is 6. The molecular formula is C17H22N6O7. The molecule has 3 rings (SSSR count). The highest BCUT2D eigenvalue weighted by atomic mass is 16.4. The van der Waals surface area contributed by atoms with Crippen molar-refractivity contribution in [3.63, 3.8) is 0 Å². The van der Waals surface area contributed by atoms with Gasteiger partial charge in [0, 0.05) is 19.1 Å². The Balaban J connectivity index is 0.000000274. The number of aliphatic hydroxyl groups is 2. The van der Waals surface area contributed by atoms with Crippen LogP contribution in [0.15, 0.2) is 25.3 Å². The summed E-state index contributed by atoms with van der Waals surface area (Å²) in [6, 6.07) is 0.109. The molecule has 13 heteroatoms. The molecule has 1 amide bonds. The Bertz CT molecular complexity index is 899. The van der Waals surface area contributed by atoms with Gasteiger partial charge in [-0.1, -0.05) is 6.58 Å². The van der Waals surface area contributed by atoms with Gasteiger partial charge in [0.25, 0.3) is 0 Å². The number of piperidine rings is 1. The molecule has 3 heterocycles. The molecule has 1 aliphatic rings. The zero-order valence-corrected chi connectivity index (χ0v) is 15.8. The van der Waals surface area contributed by atoms with E-state index in [4.69, 9.17) is 20.4 Å². The Labute approximate surface area is 170 Å². The van der Waals surface area contributed by atoms with Crippen LogP contribution in [0.1, 0.15) is 12.8 Å². The van der Waals surface area contributed by atoms with Crippen LogP contribution in [0.4, 0.5) is 5.82 Å². The minimum absolute atomic E-state index is 0.109. The van der Waals surface area contributed by atoms with Gasteiger partial charge in [-0.2, -0.15) is 0 Å². The Kier molecular flexibility index (Phi) is 7.77. The molecule has 162 valence electrons. The van der Waals surface area contributed by atoms with Crippen molar-refractivity contribution in [1.82, 2.24) is 25.3 Å². The second kappa shape index (κ2) is 10.3. The highest BCUT2D eigenvalue weighted by molar-refractivity contribution is 5.87. The highest BCUT2D eigenvalue weighted by Crippen LogP contribution is 2.23. The fourth-order valence-corrected chi connectivity index (χ4v) is 2.80. The number of anilines is 1. The van der Waals surface area contributed by atoms with Crippen LogP contribution in [0.25, 0.3) is 11.2 Å². The number of carbonyl (C=O) groups excluding carboxylic acids is 1. The van der Waals surface area contributed by atoms with Crippen molar-refractivity contribution in [2.24, 2.45) is 0 Å². The number of carboxylic acids is 2. The first-order valence-electron chi connectivity index (χ1n) is 8.88. The predicted octanol–water partition coefficient (Wildman–Crippen LogP) is -1.50. The topological polar surface area (TPSA) is 202 Å². The van der Waals surface area contributed by atoms with E-state index in [0.29, 0.717) is 0 Å². The van der Waals surface area contributed by atoms with Gasteiger partial charge in [0.15, 0.2) is 23.7 Å². The molecule has 0 aliphatic carbocycles. The van der Waals surface area contributed by atoms with E-state index < -0.39 is 24.1 Å². The van der Waals surface area contributed by atoms with Gasteiger partial charge < -0.3 is 35.6 Å². The molecule has 1 fully saturated rings. The van der Waals surface area contributed by atoms with Crippen LogP contribution in [0.3, 0.4) is 0 Å². The number of nitrogens with zero attached hydrogens (tertiary/aromatic N) is 4. The lowest BCUT2D eigenvalue weighted by Crippen LogP contribution is -2.47. The van der Waals surface area contributed by atoms with Crippen LogP contribution in [0.5, 0.6) is 0 Å². The zero-order valence-electron chi connectivity index (χ0n) is 15.8. The monoisotopic (exact) mass is 422 g/mol. The highest BCUT2D eigenvalue weighted by Gasteiger charge is 2.29. The minimum Gasteiger partial charge on any atom is -0.479 e. The number of carbonyl (C=O) groups is 3. The number of imidazole rings is 1. The second-order valence-corrected chi connectivity index (χ2v) is 6.36. The van der Waals surface area contributed by atoms with Crippen LogP contribution in [0.2, 0.25) is 0 Å². The molecule has 1 saturated heterocycles. The van der Waals surface area contributed by atoms with Crippen molar-refractivity contribution in [1.29, 1.82) is 0 Å². The summed E-state index contributed by atoms with van der Waals surface area (Å²) in [5.74, 6) is -2.86. The van der Waals surface area contributed by atoms with Crippen LogP contribution < -0.4 is 10.2 Å². The third kappa shape index (κ3) is 5.71. The molecule has 2 aromatic rings. The van der Waals surface area contributed by atoms with E-state index in [0.717, 1.165) is 42.9 Å². The standard InChI is InChI=1S/C13H16N6O.C4H6O6/c1-2-10(20)18-9-4-3-5-19(6-9)13-11-12(15-7-14-11)16-8-17-13;5-1(3(7)8)2(6)4(9)10/h2,7-9H,1,3-6H2,(H,18,20)(H,14,15,16,17);1-2,5-6H,(H,7,8)(H,9,10)/t9-;1-,2-/m11/s1. The van der Waals surface area contributed by atoms with E-state index in [9.17, 15) is 14.4 Å². The third-order valence-electron chi connectivity index (χ3n) is 4.26. The van der Waals surface area contributed by atoms with Crippen molar-refractivity contribution in [2.75, 3.05) is 18.0 Å². The fraction of sp³-hybridized carbons (Fsp3) is 0.412. The number of hydrogen-bond donors (Lipinski definition) is 6. The Hall–Kier alpha value is -3.58. The first kappa shape index (κ1) is 22.7. The number of nitrogens with one attached hydrogen (secondary N) is 2. The van der Waals surface area contributed by atoms with Gasteiger partial charge in [0.1, 0.15) is 11.8 Å². The number of carboxylic acid groups (broad SMARTS) is 2. The normalized spacial score (nSPS) is 17.9. The second-order valence-electron chi connectivity index (χ2n) is 6.36. The molecule has 0 aromatic carbocycles. The largest absolute Gasteiger partial charge is 0.479 e. The third-order valence-corrected chi connectivity index (χ3v) is 4.26. The van der Waals surface area contributed by atoms with Crippen molar-refractivity contribution < 1.29 is 34.8 Å². The first-order chi connectivity index (χ1) is 14.2. The summed E-state index contributed by atoms with van der Waals surface area (Å²) in [5, 5.41) is 35.5. The number of aromatic nitrogens is 4. The molecular weight excluding hydrogens is 400 g/mol. The lowest BCUT2D eigenvalue weighted by atomic mass is 10.1. The average Bonchev–Trinajstić information content (AvgIpc) is 3.22. The SMILES string of the molecule is C=CC(=O)N[C@@H]1CCCN(c2ncnc3[nH]cnc23)C1.O=C(O)[C@H](O)[C@@H](O)C(=O)O. The lowest BCUT2D eigenvalue weighted by molar-refractivity contribution is -0.165. The molecule has 0 unspecified atom stereocenters. The molecule has 1 aliphatic heterocycles. The summed E-state index contributed by atoms with van der Waals surface area (Å²) >= 11 is 0. The first-order valence-corrected chi connectivity index (χ1v) is 8.88. The Morgan fingerprint density at radius 3 is 2.47 bits per heavy atom. The van der Waals surface area contributed by atoms with Gasteiger partial charge >= 0.3 is 11.9 Å². The van der Waals surface area contributed by atoms with E-state index in [1.54, 1.807) is 6.33 Å². The van der Waals surface area contributed by atoms with Crippen LogP contribution >= 0.6 is 0 Å². The molecule has 13 nitrogen and oxygen atoms in total. The molecule has 6 N–H and O–H groups in total. The maximum Gasteiger partial charge on any atom is 0.335 e. The molecule has 3 atom stereocenters. The predicted molar refractivity (Wildman–Crippen MR) is 103 cm³/mol. The molecule has 2 aromatic heterocycles. The van der Waals surface area contributed by atoms with Gasteiger partial charge in [-0.05, 0) is 18.9 Å². The number of hydrogen-bond acceptors (Lipinski definition) is 9. The number of H-pyrrole nitrogens is 1. The summed E-state index contributed by atoms with van der Waals surface area (Å²) < 4.78 is 0.